The van der Waals surface area contributed by atoms with E-state index >= 15 is 0 Å². The summed E-state index contributed by atoms with van der Waals surface area (Å²) < 4.78 is 4.32. The summed E-state index contributed by atoms with van der Waals surface area (Å²) in [5.41, 5.74) is 0. The number of ether oxygens (including phenoxy) is 1. The topological polar surface area (TPSA) is 26.3 Å². The van der Waals surface area contributed by atoms with Crippen LogP contribution in [-0.2, 0) is 30.6 Å². The fourth-order valence-electron chi connectivity index (χ4n) is 0.152. The van der Waals surface area contributed by atoms with Crippen molar-refractivity contribution in [1.82, 2.24) is 0 Å². The number of rotatable bonds is 2. The Hall–Kier alpha value is -0.232. The normalized spacial score (nSPS) is 6.50. The molecule has 0 amide bonds. The first kappa shape index (κ1) is 10.7. The molecule has 2 nitrogen and oxygen atoms in total. The average molecular weight is 283 g/mol. The summed E-state index contributed by atoms with van der Waals surface area (Å²) in [6.45, 7) is 6.55. The molecule has 0 bridgehead atoms. The molecule has 0 N–H and O–H groups in total. The van der Waals surface area contributed by atoms with E-state index in [9.17, 15) is 4.79 Å². The maximum atomic E-state index is 9.82. The molecule has 0 aliphatic heterocycles. The van der Waals surface area contributed by atoms with Gasteiger partial charge in [-0.1, -0.05) is 12.7 Å². The zero-order chi connectivity index (χ0) is 5.70. The molecule has 0 fully saturated rings. The second kappa shape index (κ2) is 6.77. The van der Waals surface area contributed by atoms with Crippen molar-refractivity contribution in [3.05, 3.63) is 19.6 Å². The molecule has 3 heteroatoms. The van der Waals surface area contributed by atoms with Crippen LogP contribution in [0.25, 0.3) is 0 Å². The Morgan fingerprint density at radius 1 is 1.88 bits per heavy atom. The molecule has 0 aromatic rings. The number of carbonyl (C=O) groups excluding carboxylic acids is 1. The van der Waals surface area contributed by atoms with Crippen molar-refractivity contribution in [3.8, 4) is 0 Å². The molecule has 0 unspecified atom stereocenters. The fourth-order valence-corrected chi connectivity index (χ4v) is 0.152. The second-order valence-electron chi connectivity index (χ2n) is 0.972. The molecular weight excluding hydrogens is 276 g/mol. The minimum Gasteiger partial charge on any atom is -0.484 e. The van der Waals surface area contributed by atoms with Gasteiger partial charge in [-0.2, -0.15) is 0 Å². The largest absolute Gasteiger partial charge is 0.484 e. The first-order valence-electron chi connectivity index (χ1n) is 1.87. The molecule has 0 saturated carbocycles. The molecule has 0 radical (unpaired) electrons. The van der Waals surface area contributed by atoms with E-state index in [4.69, 9.17) is 0 Å². The third-order valence-electron chi connectivity index (χ3n) is 0.362. The third kappa shape index (κ3) is 9.24. The van der Waals surface area contributed by atoms with Crippen molar-refractivity contribution in [2.75, 3.05) is 6.61 Å². The van der Waals surface area contributed by atoms with Gasteiger partial charge in [0.1, 0.15) is 6.61 Å². The Kier molecular flexibility index (Phi) is 9.05. The van der Waals surface area contributed by atoms with Crippen molar-refractivity contribution in [3.63, 3.8) is 0 Å². The van der Waals surface area contributed by atoms with E-state index in [0.29, 0.717) is 0 Å². The van der Waals surface area contributed by atoms with Gasteiger partial charge in [0.05, 0.1) is 0 Å². The van der Waals surface area contributed by atoms with Gasteiger partial charge in [-0.15, -0.1) is 0 Å². The van der Waals surface area contributed by atoms with Crippen molar-refractivity contribution < 1.29 is 30.6 Å². The zero-order valence-corrected chi connectivity index (χ0v) is 7.36. The SMILES string of the molecule is C=CCOC([CH2-])=O.[W]. The molecule has 0 spiro atoms. The second-order valence-corrected chi connectivity index (χ2v) is 0.972. The van der Waals surface area contributed by atoms with Gasteiger partial charge in [-0.05, 0) is 0 Å². The van der Waals surface area contributed by atoms with Crippen molar-refractivity contribution in [2.45, 2.75) is 0 Å². The van der Waals surface area contributed by atoms with Crippen LogP contribution in [0.4, 0.5) is 0 Å². The standard InChI is InChI=1S/C5H7O2.W/c1-3-4-7-5(2)6;/h3H,1-2,4H2;/q-1;. The van der Waals surface area contributed by atoms with Crippen LogP contribution in [-0.4, -0.2) is 12.6 Å². The Labute approximate surface area is 63.2 Å². The minimum absolute atomic E-state index is 0. The van der Waals surface area contributed by atoms with E-state index in [1.807, 2.05) is 0 Å². The number of hydrogen-bond donors (Lipinski definition) is 0. The number of carbonyl (C=O) groups is 1. The first-order chi connectivity index (χ1) is 3.27. The van der Waals surface area contributed by atoms with Gasteiger partial charge in [0, 0.05) is 21.1 Å². The summed E-state index contributed by atoms with van der Waals surface area (Å²) in [5, 5.41) is 0. The summed E-state index contributed by atoms with van der Waals surface area (Å²) in [4.78, 5) is 9.82. The van der Waals surface area contributed by atoms with Gasteiger partial charge in [-0.3, -0.25) is 11.7 Å². The van der Waals surface area contributed by atoms with Crippen LogP contribution < -0.4 is 0 Å². The molecule has 8 heavy (non-hydrogen) atoms. The Balaban J connectivity index is 0. The van der Waals surface area contributed by atoms with Crippen LogP contribution in [0.1, 0.15) is 0 Å². The molecular formula is C5H7O2W-. The van der Waals surface area contributed by atoms with E-state index < -0.39 is 5.97 Å². The van der Waals surface area contributed by atoms with Crippen LogP contribution in [0.2, 0.25) is 0 Å². The summed E-state index contributed by atoms with van der Waals surface area (Å²) in [7, 11) is 0. The van der Waals surface area contributed by atoms with Crippen LogP contribution in [0.15, 0.2) is 12.7 Å². The van der Waals surface area contributed by atoms with Crippen molar-refractivity contribution >= 4 is 5.97 Å². The third-order valence-corrected chi connectivity index (χ3v) is 0.362. The van der Waals surface area contributed by atoms with E-state index in [1.54, 1.807) is 0 Å². The summed E-state index contributed by atoms with van der Waals surface area (Å²) >= 11 is 0. The molecule has 0 rings (SSSR count). The fraction of sp³-hybridized carbons (Fsp3) is 0.200. The summed E-state index contributed by atoms with van der Waals surface area (Å²) in [6.07, 6.45) is 1.49. The maximum absolute atomic E-state index is 9.82. The van der Waals surface area contributed by atoms with E-state index in [2.05, 4.69) is 18.2 Å². The van der Waals surface area contributed by atoms with Gasteiger partial charge in [-0.25, -0.2) is 0 Å². The van der Waals surface area contributed by atoms with Crippen LogP contribution in [0.5, 0.6) is 0 Å². The van der Waals surface area contributed by atoms with Gasteiger partial charge < -0.3 is 4.74 Å². The van der Waals surface area contributed by atoms with E-state index in [0.717, 1.165) is 0 Å². The van der Waals surface area contributed by atoms with E-state index in [1.165, 1.54) is 6.08 Å². The summed E-state index contributed by atoms with van der Waals surface area (Å²) in [6, 6.07) is 0. The number of esters is 1. The molecule has 0 aromatic heterocycles. The van der Waals surface area contributed by atoms with Crippen molar-refractivity contribution in [1.29, 1.82) is 0 Å². The predicted molar refractivity (Wildman–Crippen MR) is 26.5 cm³/mol. The van der Waals surface area contributed by atoms with Gasteiger partial charge >= 0.3 is 0 Å². The van der Waals surface area contributed by atoms with Crippen LogP contribution in [0.3, 0.4) is 0 Å². The zero-order valence-electron chi connectivity index (χ0n) is 4.42. The van der Waals surface area contributed by atoms with E-state index in [-0.39, 0.29) is 27.7 Å². The molecule has 0 atom stereocenters. The number of hydrogen-bond acceptors (Lipinski definition) is 2. The Morgan fingerprint density at radius 2 is 2.38 bits per heavy atom. The van der Waals surface area contributed by atoms with Crippen molar-refractivity contribution in [2.24, 2.45) is 0 Å². The Morgan fingerprint density at radius 3 is 2.50 bits per heavy atom. The molecule has 0 aliphatic rings. The Bertz CT molecular complexity index is 80.5. The van der Waals surface area contributed by atoms with Gasteiger partial charge in [0.2, 0.25) is 0 Å². The van der Waals surface area contributed by atoms with Crippen LogP contribution >= 0.6 is 0 Å². The first-order valence-corrected chi connectivity index (χ1v) is 1.87. The predicted octanol–water partition coefficient (Wildman–Crippen LogP) is 0.547. The van der Waals surface area contributed by atoms with Gasteiger partial charge in [0.15, 0.2) is 5.97 Å². The molecule has 46 valence electrons. The summed E-state index contributed by atoms with van der Waals surface area (Å²) in [5.74, 6) is -0.514. The quantitative estimate of drug-likeness (QED) is 0.420. The molecule has 0 saturated heterocycles. The van der Waals surface area contributed by atoms with Crippen LogP contribution in [0, 0.1) is 6.92 Å². The monoisotopic (exact) mass is 283 g/mol. The van der Waals surface area contributed by atoms with Gasteiger partial charge in [0.25, 0.3) is 0 Å². The molecule has 0 aromatic carbocycles. The maximum Gasteiger partial charge on any atom is 0.164 e. The molecule has 0 aliphatic carbocycles. The molecule has 0 heterocycles. The minimum atomic E-state index is -0.514. The average Bonchev–Trinajstić information content (AvgIpc) is 1.61. The smallest absolute Gasteiger partial charge is 0.164 e.